The molecule has 0 aliphatic rings. The van der Waals surface area contributed by atoms with E-state index in [1.807, 2.05) is 54.7 Å². The molecule has 0 bridgehead atoms. The molecule has 3 aromatic rings. The third kappa shape index (κ3) is 2.16. The van der Waals surface area contributed by atoms with Crippen molar-refractivity contribution < 1.29 is 4.74 Å². The molecule has 0 fully saturated rings. The van der Waals surface area contributed by atoms with Gasteiger partial charge in [-0.1, -0.05) is 24.3 Å². The van der Waals surface area contributed by atoms with Crippen molar-refractivity contribution in [2.45, 2.75) is 6.42 Å². The number of benzene rings is 2. The zero-order chi connectivity index (χ0) is 13.1. The highest BCUT2D eigenvalue weighted by Crippen LogP contribution is 2.32. The summed E-state index contributed by atoms with van der Waals surface area (Å²) >= 11 is 0. The summed E-state index contributed by atoms with van der Waals surface area (Å²) in [6.45, 7) is 0. The van der Waals surface area contributed by atoms with Gasteiger partial charge in [0, 0.05) is 17.1 Å². The van der Waals surface area contributed by atoms with E-state index in [4.69, 9.17) is 10.00 Å². The first kappa shape index (κ1) is 11.4. The molecule has 0 radical (unpaired) electrons. The van der Waals surface area contributed by atoms with E-state index in [1.54, 1.807) is 0 Å². The average Bonchev–Trinajstić information content (AvgIpc) is 2.85. The van der Waals surface area contributed by atoms with Crippen LogP contribution in [-0.2, 0) is 6.42 Å². The summed E-state index contributed by atoms with van der Waals surface area (Å²) in [5.41, 5.74) is 1.95. The van der Waals surface area contributed by atoms with Crippen LogP contribution in [0.2, 0.25) is 0 Å². The third-order valence-electron chi connectivity index (χ3n) is 2.99. The summed E-state index contributed by atoms with van der Waals surface area (Å²) in [5.74, 6) is 1.56. The monoisotopic (exact) mass is 248 g/mol. The quantitative estimate of drug-likeness (QED) is 0.760. The molecular formula is C16H12N2O. The highest BCUT2D eigenvalue weighted by molar-refractivity contribution is 5.89. The van der Waals surface area contributed by atoms with E-state index in [1.165, 1.54) is 0 Å². The predicted octanol–water partition coefficient (Wildman–Crippen LogP) is 4.03. The second-order valence-corrected chi connectivity index (χ2v) is 4.24. The maximum Gasteiger partial charge on any atom is 0.137 e. The van der Waals surface area contributed by atoms with Gasteiger partial charge in [-0.25, -0.2) is 0 Å². The number of nitriles is 1. The number of aromatic nitrogens is 1. The maximum atomic E-state index is 8.87. The van der Waals surface area contributed by atoms with Gasteiger partial charge < -0.3 is 9.72 Å². The minimum absolute atomic E-state index is 0.370. The molecule has 0 saturated heterocycles. The van der Waals surface area contributed by atoms with Crippen molar-refractivity contribution in [3.05, 3.63) is 60.3 Å². The molecular weight excluding hydrogens is 236 g/mol. The molecule has 0 amide bonds. The topological polar surface area (TPSA) is 48.8 Å². The van der Waals surface area contributed by atoms with E-state index < -0.39 is 0 Å². The average molecular weight is 248 g/mol. The fourth-order valence-corrected chi connectivity index (χ4v) is 2.14. The van der Waals surface area contributed by atoms with Gasteiger partial charge >= 0.3 is 0 Å². The Morgan fingerprint density at radius 2 is 1.89 bits per heavy atom. The number of ether oxygens (including phenoxy) is 1. The summed E-state index contributed by atoms with van der Waals surface area (Å²) in [7, 11) is 0. The molecule has 0 aliphatic heterocycles. The molecule has 1 aromatic heterocycles. The lowest BCUT2D eigenvalue weighted by Gasteiger charge is -2.07. The van der Waals surface area contributed by atoms with E-state index >= 15 is 0 Å². The summed E-state index contributed by atoms with van der Waals surface area (Å²) in [5, 5.41) is 9.85. The molecule has 3 heteroatoms. The van der Waals surface area contributed by atoms with Crippen LogP contribution in [0.4, 0.5) is 0 Å². The maximum absolute atomic E-state index is 8.87. The molecule has 2 aromatic carbocycles. The number of nitrogens with zero attached hydrogens (tertiary/aromatic N) is 1. The molecule has 3 rings (SSSR count). The van der Waals surface area contributed by atoms with Gasteiger partial charge in [0.25, 0.3) is 0 Å². The normalized spacial score (nSPS) is 10.3. The Kier molecular flexibility index (Phi) is 2.91. The van der Waals surface area contributed by atoms with Gasteiger partial charge in [0.1, 0.15) is 11.5 Å². The van der Waals surface area contributed by atoms with Crippen molar-refractivity contribution >= 4 is 10.9 Å². The van der Waals surface area contributed by atoms with Crippen molar-refractivity contribution in [1.82, 2.24) is 4.98 Å². The first-order valence-electron chi connectivity index (χ1n) is 6.07. The van der Waals surface area contributed by atoms with Crippen LogP contribution in [-0.4, -0.2) is 4.98 Å². The van der Waals surface area contributed by atoms with Crippen molar-refractivity contribution in [2.75, 3.05) is 0 Å². The van der Waals surface area contributed by atoms with E-state index in [-0.39, 0.29) is 0 Å². The first-order chi connectivity index (χ1) is 9.38. The number of fused-ring (bicyclic) bond motifs is 1. The third-order valence-corrected chi connectivity index (χ3v) is 2.99. The summed E-state index contributed by atoms with van der Waals surface area (Å²) in [6.07, 6.45) is 2.24. The van der Waals surface area contributed by atoms with Crippen molar-refractivity contribution in [3.63, 3.8) is 0 Å². The lowest BCUT2D eigenvalue weighted by atomic mass is 10.1. The second kappa shape index (κ2) is 4.87. The van der Waals surface area contributed by atoms with Gasteiger partial charge in [0.15, 0.2) is 0 Å². The first-order valence-corrected chi connectivity index (χ1v) is 6.07. The largest absolute Gasteiger partial charge is 0.457 e. The molecule has 0 aliphatic carbocycles. The molecule has 0 spiro atoms. The van der Waals surface area contributed by atoms with E-state index in [2.05, 4.69) is 11.1 Å². The number of hydrogen-bond donors (Lipinski definition) is 1. The van der Waals surface area contributed by atoms with Crippen LogP contribution in [0.5, 0.6) is 11.5 Å². The van der Waals surface area contributed by atoms with Crippen LogP contribution >= 0.6 is 0 Å². The van der Waals surface area contributed by atoms with Crippen LogP contribution in [0.15, 0.2) is 54.7 Å². The Labute approximate surface area is 111 Å². The van der Waals surface area contributed by atoms with Crippen molar-refractivity contribution in [2.24, 2.45) is 0 Å². The van der Waals surface area contributed by atoms with Crippen LogP contribution in [0, 0.1) is 11.3 Å². The number of nitrogens with one attached hydrogen (secondary N) is 1. The summed E-state index contributed by atoms with van der Waals surface area (Å²) in [4.78, 5) is 3.17. The van der Waals surface area contributed by atoms with Gasteiger partial charge in [-0.3, -0.25) is 0 Å². The molecule has 1 N–H and O–H groups in total. The van der Waals surface area contributed by atoms with Gasteiger partial charge in [-0.05, 0) is 29.8 Å². The Morgan fingerprint density at radius 3 is 2.68 bits per heavy atom. The lowest BCUT2D eigenvalue weighted by Crippen LogP contribution is -1.86. The summed E-state index contributed by atoms with van der Waals surface area (Å²) in [6, 6.07) is 17.7. The fraction of sp³-hybridized carbons (Fsp3) is 0.0625. The van der Waals surface area contributed by atoms with E-state index in [0.29, 0.717) is 6.42 Å². The Hall–Kier alpha value is -2.73. The Bertz CT molecular complexity index is 738. The Balaban J connectivity index is 2.08. The Morgan fingerprint density at radius 1 is 1.05 bits per heavy atom. The zero-order valence-electron chi connectivity index (χ0n) is 10.3. The molecule has 19 heavy (non-hydrogen) atoms. The van der Waals surface area contributed by atoms with Gasteiger partial charge in [0.2, 0.25) is 0 Å². The molecule has 0 saturated carbocycles. The fourth-order valence-electron chi connectivity index (χ4n) is 2.14. The number of hydrogen-bond acceptors (Lipinski definition) is 2. The number of H-pyrrole nitrogens is 1. The molecule has 0 unspecified atom stereocenters. The smallest absolute Gasteiger partial charge is 0.137 e. The number of para-hydroxylation sites is 1. The van der Waals surface area contributed by atoms with Crippen LogP contribution in [0.25, 0.3) is 10.9 Å². The van der Waals surface area contributed by atoms with Crippen molar-refractivity contribution in [3.8, 4) is 17.6 Å². The van der Waals surface area contributed by atoms with Crippen LogP contribution in [0.1, 0.15) is 5.56 Å². The zero-order valence-corrected chi connectivity index (χ0v) is 10.3. The minimum atomic E-state index is 0.370. The minimum Gasteiger partial charge on any atom is -0.457 e. The highest BCUT2D eigenvalue weighted by Gasteiger charge is 2.09. The van der Waals surface area contributed by atoms with Gasteiger partial charge in [-0.15, -0.1) is 0 Å². The predicted molar refractivity (Wildman–Crippen MR) is 74.1 cm³/mol. The lowest BCUT2D eigenvalue weighted by molar-refractivity contribution is 0.488. The van der Waals surface area contributed by atoms with Crippen molar-refractivity contribution in [1.29, 1.82) is 5.26 Å². The molecule has 1 heterocycles. The number of aromatic amines is 1. The van der Waals surface area contributed by atoms with Crippen LogP contribution < -0.4 is 4.74 Å². The van der Waals surface area contributed by atoms with Gasteiger partial charge in [0.05, 0.1) is 12.5 Å². The van der Waals surface area contributed by atoms with Crippen LogP contribution in [0.3, 0.4) is 0 Å². The van der Waals surface area contributed by atoms with E-state index in [0.717, 1.165) is 28.0 Å². The number of rotatable bonds is 3. The molecule has 3 nitrogen and oxygen atoms in total. The molecule has 0 atom stereocenters. The van der Waals surface area contributed by atoms with Gasteiger partial charge in [-0.2, -0.15) is 5.26 Å². The highest BCUT2D eigenvalue weighted by atomic mass is 16.5. The SMILES string of the molecule is N#CCc1c[nH]c2cccc(Oc3ccccc3)c12. The van der Waals surface area contributed by atoms with E-state index in [9.17, 15) is 0 Å². The molecule has 92 valence electrons. The second-order valence-electron chi connectivity index (χ2n) is 4.24. The summed E-state index contributed by atoms with van der Waals surface area (Å²) < 4.78 is 5.91. The standard InChI is InChI=1S/C16H12N2O/c17-10-9-12-11-18-14-7-4-8-15(16(12)14)19-13-5-2-1-3-6-13/h1-8,11,18H,9H2.